The van der Waals surface area contributed by atoms with Gasteiger partial charge in [-0.05, 0) is 79.3 Å². The Morgan fingerprint density at radius 2 is 1.46 bits per heavy atom. The molecule has 1 saturated heterocycles. The molecule has 1 fully saturated rings. The lowest BCUT2D eigenvalue weighted by molar-refractivity contribution is 0.0160. The first-order valence-corrected chi connectivity index (χ1v) is 10.3. The van der Waals surface area contributed by atoms with E-state index in [1.165, 1.54) is 43.2 Å². The van der Waals surface area contributed by atoms with Crippen LogP contribution in [0.4, 0.5) is 0 Å². The maximum Gasteiger partial charge on any atom is 0.0738 e. The SMILES string of the molecule is O[C@@H]1Cc2ccccc2C[C@H]1N1CCC2(CCCc3ccccc32)CC1. The van der Waals surface area contributed by atoms with Crippen LogP contribution in [0.5, 0.6) is 0 Å². The van der Waals surface area contributed by atoms with Crippen molar-refractivity contribution in [1.82, 2.24) is 4.90 Å². The molecule has 136 valence electrons. The highest BCUT2D eigenvalue weighted by Gasteiger charge is 2.42. The molecule has 0 bridgehead atoms. The predicted molar refractivity (Wildman–Crippen MR) is 106 cm³/mol. The first kappa shape index (κ1) is 16.5. The second kappa shape index (κ2) is 6.51. The minimum absolute atomic E-state index is 0.224. The number of fused-ring (bicyclic) bond motifs is 3. The van der Waals surface area contributed by atoms with Crippen LogP contribution >= 0.6 is 0 Å². The zero-order valence-corrected chi connectivity index (χ0v) is 15.5. The third-order valence-corrected chi connectivity index (χ3v) is 7.33. The minimum atomic E-state index is -0.224. The topological polar surface area (TPSA) is 23.5 Å². The van der Waals surface area contributed by atoms with Gasteiger partial charge in [0.2, 0.25) is 0 Å². The number of aryl methyl sites for hydroxylation is 1. The Bertz CT molecular complexity index is 790. The van der Waals surface area contributed by atoms with E-state index in [9.17, 15) is 5.11 Å². The predicted octanol–water partition coefficient (Wildman–Crippen LogP) is 3.88. The van der Waals surface area contributed by atoms with E-state index >= 15 is 0 Å². The van der Waals surface area contributed by atoms with E-state index in [1.807, 2.05) is 0 Å². The van der Waals surface area contributed by atoms with Crippen molar-refractivity contribution < 1.29 is 5.11 Å². The number of aliphatic hydroxyl groups excluding tert-OH is 1. The van der Waals surface area contributed by atoms with Crippen LogP contribution in [0, 0.1) is 0 Å². The fourth-order valence-corrected chi connectivity index (χ4v) is 5.86. The monoisotopic (exact) mass is 347 g/mol. The van der Waals surface area contributed by atoms with E-state index in [0.29, 0.717) is 11.5 Å². The molecule has 2 heteroatoms. The molecule has 1 N–H and O–H groups in total. The number of hydrogen-bond donors (Lipinski definition) is 1. The van der Waals surface area contributed by atoms with Crippen LogP contribution < -0.4 is 0 Å². The van der Waals surface area contributed by atoms with E-state index in [4.69, 9.17) is 0 Å². The van der Waals surface area contributed by atoms with Gasteiger partial charge in [0.1, 0.15) is 0 Å². The fourth-order valence-electron chi connectivity index (χ4n) is 5.86. The smallest absolute Gasteiger partial charge is 0.0738 e. The molecule has 5 rings (SSSR count). The summed E-state index contributed by atoms with van der Waals surface area (Å²) in [6.45, 7) is 2.25. The van der Waals surface area contributed by atoms with Crippen molar-refractivity contribution in [2.24, 2.45) is 0 Å². The summed E-state index contributed by atoms with van der Waals surface area (Å²) in [5.74, 6) is 0. The van der Waals surface area contributed by atoms with Gasteiger partial charge in [-0.3, -0.25) is 4.90 Å². The summed E-state index contributed by atoms with van der Waals surface area (Å²) in [5.41, 5.74) is 6.37. The number of hydrogen-bond acceptors (Lipinski definition) is 2. The second-order valence-electron chi connectivity index (χ2n) is 8.64. The maximum atomic E-state index is 10.8. The third-order valence-electron chi connectivity index (χ3n) is 7.33. The number of likely N-dealkylation sites (tertiary alicyclic amines) is 1. The van der Waals surface area contributed by atoms with Gasteiger partial charge in [-0.25, -0.2) is 0 Å². The van der Waals surface area contributed by atoms with Gasteiger partial charge < -0.3 is 5.11 Å². The molecular formula is C24H29NO. The van der Waals surface area contributed by atoms with Crippen LogP contribution in [0.15, 0.2) is 48.5 Å². The molecular weight excluding hydrogens is 318 g/mol. The number of nitrogens with zero attached hydrogens (tertiary/aromatic N) is 1. The van der Waals surface area contributed by atoms with Crippen molar-refractivity contribution in [3.05, 3.63) is 70.8 Å². The first-order valence-electron chi connectivity index (χ1n) is 10.3. The van der Waals surface area contributed by atoms with E-state index in [-0.39, 0.29) is 6.10 Å². The summed E-state index contributed by atoms with van der Waals surface area (Å²) in [6.07, 6.45) is 8.00. The third kappa shape index (κ3) is 2.71. The van der Waals surface area contributed by atoms with E-state index in [2.05, 4.69) is 53.4 Å². The van der Waals surface area contributed by atoms with E-state index < -0.39 is 0 Å². The molecule has 2 atom stereocenters. The van der Waals surface area contributed by atoms with Gasteiger partial charge in [0.15, 0.2) is 0 Å². The highest BCUT2D eigenvalue weighted by Crippen LogP contribution is 2.45. The first-order chi connectivity index (χ1) is 12.8. The lowest BCUT2D eigenvalue weighted by atomic mass is 9.64. The van der Waals surface area contributed by atoms with Crippen molar-refractivity contribution in [2.45, 2.75) is 62.5 Å². The second-order valence-corrected chi connectivity index (χ2v) is 8.64. The molecule has 0 unspecified atom stereocenters. The zero-order valence-electron chi connectivity index (χ0n) is 15.5. The molecule has 0 radical (unpaired) electrons. The van der Waals surface area contributed by atoms with Crippen LogP contribution in [0.1, 0.15) is 47.9 Å². The summed E-state index contributed by atoms with van der Waals surface area (Å²) < 4.78 is 0. The molecule has 2 aromatic rings. The Balaban J connectivity index is 1.34. The summed E-state index contributed by atoms with van der Waals surface area (Å²) in [7, 11) is 0. The van der Waals surface area contributed by atoms with Gasteiger partial charge in [-0.1, -0.05) is 48.5 Å². The molecule has 0 amide bonds. The Hall–Kier alpha value is -1.64. The molecule has 1 aliphatic heterocycles. The molecule has 2 nitrogen and oxygen atoms in total. The van der Waals surface area contributed by atoms with Gasteiger partial charge in [0, 0.05) is 12.5 Å². The molecule has 1 heterocycles. The number of aliphatic hydroxyl groups is 1. The van der Waals surface area contributed by atoms with Crippen molar-refractivity contribution in [2.75, 3.05) is 13.1 Å². The number of rotatable bonds is 1. The highest BCUT2D eigenvalue weighted by atomic mass is 16.3. The summed E-state index contributed by atoms with van der Waals surface area (Å²) in [6, 6.07) is 18.1. The normalized spacial score (nSPS) is 27.7. The number of benzene rings is 2. The molecule has 2 aliphatic carbocycles. The van der Waals surface area contributed by atoms with E-state index in [0.717, 1.165) is 25.9 Å². The summed E-state index contributed by atoms with van der Waals surface area (Å²) >= 11 is 0. The van der Waals surface area contributed by atoms with Crippen molar-refractivity contribution >= 4 is 0 Å². The van der Waals surface area contributed by atoms with Crippen LogP contribution in [-0.2, 0) is 24.7 Å². The lowest BCUT2D eigenvalue weighted by Crippen LogP contribution is -2.54. The molecule has 26 heavy (non-hydrogen) atoms. The fraction of sp³-hybridized carbons (Fsp3) is 0.500. The average molecular weight is 348 g/mol. The Morgan fingerprint density at radius 1 is 0.808 bits per heavy atom. The Labute approximate surface area is 156 Å². The summed E-state index contributed by atoms with van der Waals surface area (Å²) in [4.78, 5) is 2.59. The maximum absolute atomic E-state index is 10.8. The van der Waals surface area contributed by atoms with Gasteiger partial charge in [-0.15, -0.1) is 0 Å². The van der Waals surface area contributed by atoms with Crippen molar-refractivity contribution in [3.8, 4) is 0 Å². The summed E-state index contributed by atoms with van der Waals surface area (Å²) in [5, 5.41) is 10.8. The van der Waals surface area contributed by atoms with Crippen LogP contribution in [0.2, 0.25) is 0 Å². The molecule has 2 aromatic carbocycles. The average Bonchev–Trinajstić information content (AvgIpc) is 2.69. The van der Waals surface area contributed by atoms with E-state index in [1.54, 1.807) is 11.1 Å². The highest BCUT2D eigenvalue weighted by molar-refractivity contribution is 5.37. The largest absolute Gasteiger partial charge is 0.391 e. The van der Waals surface area contributed by atoms with Crippen LogP contribution in [-0.4, -0.2) is 35.2 Å². The standard InChI is InChI=1S/C24H29NO/c26-23-17-20-8-2-1-7-19(20)16-22(23)25-14-12-24(13-15-25)11-5-9-18-6-3-4-10-21(18)24/h1-4,6-8,10,22-23,26H,5,9,11-17H2/t22-,23-/m1/s1. The zero-order chi connectivity index (χ0) is 17.6. The molecule has 1 spiro atoms. The van der Waals surface area contributed by atoms with Crippen molar-refractivity contribution in [3.63, 3.8) is 0 Å². The quantitative estimate of drug-likeness (QED) is 0.846. The van der Waals surface area contributed by atoms with Crippen LogP contribution in [0.3, 0.4) is 0 Å². The van der Waals surface area contributed by atoms with Gasteiger partial charge in [0.05, 0.1) is 6.10 Å². The molecule has 0 aromatic heterocycles. The molecule has 0 saturated carbocycles. The van der Waals surface area contributed by atoms with Crippen molar-refractivity contribution in [1.29, 1.82) is 0 Å². The number of piperidine rings is 1. The van der Waals surface area contributed by atoms with Gasteiger partial charge in [-0.2, -0.15) is 0 Å². The minimum Gasteiger partial charge on any atom is -0.391 e. The van der Waals surface area contributed by atoms with Gasteiger partial charge in [0.25, 0.3) is 0 Å². The Morgan fingerprint density at radius 3 is 2.23 bits per heavy atom. The molecule has 3 aliphatic rings. The van der Waals surface area contributed by atoms with Crippen LogP contribution in [0.25, 0.3) is 0 Å². The Kier molecular flexibility index (Phi) is 4.14. The van der Waals surface area contributed by atoms with Gasteiger partial charge >= 0.3 is 0 Å². The lowest BCUT2D eigenvalue weighted by Gasteiger charge is -2.49.